The molecule has 2 aromatic rings. The molecule has 106 valence electrons. The minimum absolute atomic E-state index is 0.00305. The van der Waals surface area contributed by atoms with E-state index in [4.69, 9.17) is 0 Å². The topological polar surface area (TPSA) is 54.0 Å². The second-order valence-electron chi connectivity index (χ2n) is 6.00. The van der Waals surface area contributed by atoms with Crippen molar-refractivity contribution in [3.63, 3.8) is 0 Å². The first-order chi connectivity index (χ1) is 9.56. The highest BCUT2D eigenvalue weighted by Gasteiger charge is 2.37. The van der Waals surface area contributed by atoms with Gasteiger partial charge < -0.3 is 10.6 Å². The molecular formula is C15H19N3OS. The predicted octanol–water partition coefficient (Wildman–Crippen LogP) is 3.01. The van der Waals surface area contributed by atoms with Gasteiger partial charge in [-0.3, -0.25) is 4.79 Å². The van der Waals surface area contributed by atoms with Crippen LogP contribution in [-0.4, -0.2) is 23.5 Å². The van der Waals surface area contributed by atoms with Crippen LogP contribution in [0.3, 0.4) is 0 Å². The third kappa shape index (κ3) is 2.55. The van der Waals surface area contributed by atoms with Gasteiger partial charge in [-0.2, -0.15) is 0 Å². The molecule has 1 aromatic carbocycles. The number of aromatic nitrogens is 1. The first kappa shape index (κ1) is 13.5. The molecule has 1 atom stereocenters. The van der Waals surface area contributed by atoms with E-state index in [9.17, 15) is 4.79 Å². The van der Waals surface area contributed by atoms with Gasteiger partial charge in [0.15, 0.2) is 0 Å². The molecular weight excluding hydrogens is 270 g/mol. The largest absolute Gasteiger partial charge is 0.325 e. The highest BCUT2D eigenvalue weighted by molar-refractivity contribution is 7.16. The molecule has 2 heterocycles. The Balaban J connectivity index is 1.77. The van der Waals surface area contributed by atoms with Crippen molar-refractivity contribution in [3.8, 4) is 0 Å². The van der Waals surface area contributed by atoms with Gasteiger partial charge in [0.2, 0.25) is 5.91 Å². The maximum atomic E-state index is 12.5. The predicted molar refractivity (Wildman–Crippen MR) is 83.1 cm³/mol. The second kappa shape index (κ2) is 5.14. The van der Waals surface area contributed by atoms with Crippen molar-refractivity contribution in [2.24, 2.45) is 5.41 Å². The standard InChI is InChI=1S/C15H19N3OS/c1-15(2)6-3-7-16-13(15)14(19)18-10-4-5-11-12(8-10)20-9-17-11/h4-5,8-9,13,16H,3,6-7H2,1-2H3,(H,18,19). The number of amides is 1. The van der Waals surface area contributed by atoms with Crippen molar-refractivity contribution in [3.05, 3.63) is 23.7 Å². The van der Waals surface area contributed by atoms with Crippen LogP contribution in [0.1, 0.15) is 26.7 Å². The molecule has 1 unspecified atom stereocenters. The quantitative estimate of drug-likeness (QED) is 0.893. The van der Waals surface area contributed by atoms with E-state index in [1.807, 2.05) is 23.7 Å². The van der Waals surface area contributed by atoms with Gasteiger partial charge in [0.05, 0.1) is 21.8 Å². The Kier molecular flexibility index (Phi) is 3.48. The summed E-state index contributed by atoms with van der Waals surface area (Å²) in [7, 11) is 0. The first-order valence-electron chi connectivity index (χ1n) is 6.94. The molecule has 1 saturated heterocycles. The number of carbonyl (C=O) groups excluding carboxylic acids is 1. The van der Waals surface area contributed by atoms with Gasteiger partial charge in [-0.25, -0.2) is 4.98 Å². The van der Waals surface area contributed by atoms with E-state index in [1.165, 1.54) is 0 Å². The van der Waals surface area contributed by atoms with Crippen molar-refractivity contribution in [2.75, 3.05) is 11.9 Å². The zero-order valence-electron chi connectivity index (χ0n) is 11.8. The number of carbonyl (C=O) groups is 1. The molecule has 1 aliphatic heterocycles. The normalized spacial score (nSPS) is 21.8. The molecule has 0 aliphatic carbocycles. The van der Waals surface area contributed by atoms with Crippen LogP contribution < -0.4 is 10.6 Å². The number of rotatable bonds is 2. The molecule has 5 heteroatoms. The number of anilines is 1. The summed E-state index contributed by atoms with van der Waals surface area (Å²) in [5.41, 5.74) is 3.64. The van der Waals surface area contributed by atoms with Crippen LogP contribution in [0.25, 0.3) is 10.2 Å². The van der Waals surface area contributed by atoms with Crippen LogP contribution in [0.15, 0.2) is 23.7 Å². The molecule has 0 saturated carbocycles. The van der Waals surface area contributed by atoms with Gasteiger partial charge >= 0.3 is 0 Å². The summed E-state index contributed by atoms with van der Waals surface area (Å²) in [6.07, 6.45) is 2.20. The molecule has 0 spiro atoms. The monoisotopic (exact) mass is 289 g/mol. The number of nitrogens with zero attached hydrogens (tertiary/aromatic N) is 1. The Labute approximate surface area is 122 Å². The molecule has 4 nitrogen and oxygen atoms in total. The second-order valence-corrected chi connectivity index (χ2v) is 6.89. The number of thiazole rings is 1. The van der Waals surface area contributed by atoms with Crippen molar-refractivity contribution in [1.29, 1.82) is 0 Å². The molecule has 0 radical (unpaired) electrons. The van der Waals surface area contributed by atoms with Gasteiger partial charge in [-0.1, -0.05) is 13.8 Å². The summed E-state index contributed by atoms with van der Waals surface area (Å²) in [5, 5.41) is 6.37. The summed E-state index contributed by atoms with van der Waals surface area (Å²) >= 11 is 1.59. The molecule has 20 heavy (non-hydrogen) atoms. The minimum atomic E-state index is -0.131. The lowest BCUT2D eigenvalue weighted by Gasteiger charge is -2.38. The number of hydrogen-bond acceptors (Lipinski definition) is 4. The summed E-state index contributed by atoms with van der Waals surface area (Å²) in [6.45, 7) is 5.21. The maximum absolute atomic E-state index is 12.5. The third-order valence-corrected chi connectivity index (χ3v) is 4.78. The van der Waals surface area contributed by atoms with E-state index >= 15 is 0 Å². The number of benzene rings is 1. The Hall–Kier alpha value is -1.46. The lowest BCUT2D eigenvalue weighted by Crippen LogP contribution is -2.53. The SMILES string of the molecule is CC1(C)CCCNC1C(=O)Nc1ccc2ncsc2c1. The fourth-order valence-corrected chi connectivity index (χ4v) is 3.52. The van der Waals surface area contributed by atoms with E-state index < -0.39 is 0 Å². The lowest BCUT2D eigenvalue weighted by atomic mass is 9.77. The van der Waals surface area contributed by atoms with E-state index in [1.54, 1.807) is 11.3 Å². The Bertz CT molecular complexity index is 635. The zero-order chi connectivity index (χ0) is 14.2. The summed E-state index contributed by atoms with van der Waals surface area (Å²) in [5.74, 6) is 0.0542. The minimum Gasteiger partial charge on any atom is -0.325 e. The van der Waals surface area contributed by atoms with Gasteiger partial charge in [0, 0.05) is 5.69 Å². The van der Waals surface area contributed by atoms with Crippen molar-refractivity contribution in [1.82, 2.24) is 10.3 Å². The van der Waals surface area contributed by atoms with E-state index in [0.29, 0.717) is 0 Å². The maximum Gasteiger partial charge on any atom is 0.242 e. The van der Waals surface area contributed by atoms with Gasteiger partial charge in [0.1, 0.15) is 0 Å². The average molecular weight is 289 g/mol. The van der Waals surface area contributed by atoms with Crippen molar-refractivity contribution < 1.29 is 4.79 Å². The van der Waals surface area contributed by atoms with Crippen LogP contribution in [0.2, 0.25) is 0 Å². The smallest absolute Gasteiger partial charge is 0.242 e. The zero-order valence-corrected chi connectivity index (χ0v) is 12.6. The van der Waals surface area contributed by atoms with Gasteiger partial charge in [0.25, 0.3) is 0 Å². The van der Waals surface area contributed by atoms with Gasteiger partial charge in [-0.15, -0.1) is 11.3 Å². The van der Waals surface area contributed by atoms with Gasteiger partial charge in [-0.05, 0) is 43.0 Å². The number of hydrogen-bond donors (Lipinski definition) is 2. The van der Waals surface area contributed by atoms with Crippen LogP contribution in [0.4, 0.5) is 5.69 Å². The third-order valence-electron chi connectivity index (χ3n) is 3.99. The fourth-order valence-electron chi connectivity index (χ4n) is 2.81. The number of nitrogens with one attached hydrogen (secondary N) is 2. The van der Waals surface area contributed by atoms with Crippen LogP contribution >= 0.6 is 11.3 Å². The first-order valence-corrected chi connectivity index (χ1v) is 7.82. The molecule has 0 bridgehead atoms. The molecule has 3 rings (SSSR count). The summed E-state index contributed by atoms with van der Waals surface area (Å²) < 4.78 is 1.10. The summed E-state index contributed by atoms with van der Waals surface area (Å²) in [6, 6.07) is 5.71. The van der Waals surface area contributed by atoms with E-state index in [-0.39, 0.29) is 17.4 Å². The fraction of sp³-hybridized carbons (Fsp3) is 0.467. The highest BCUT2D eigenvalue weighted by atomic mass is 32.1. The molecule has 1 amide bonds. The number of piperidine rings is 1. The van der Waals surface area contributed by atoms with Crippen molar-refractivity contribution in [2.45, 2.75) is 32.7 Å². The molecule has 2 N–H and O–H groups in total. The molecule has 1 aliphatic rings. The Morgan fingerprint density at radius 3 is 3.15 bits per heavy atom. The molecule has 1 fully saturated rings. The highest BCUT2D eigenvalue weighted by Crippen LogP contribution is 2.31. The number of fused-ring (bicyclic) bond motifs is 1. The van der Waals surface area contributed by atoms with E-state index in [2.05, 4.69) is 29.5 Å². The lowest BCUT2D eigenvalue weighted by molar-refractivity contribution is -0.121. The Morgan fingerprint density at radius 1 is 1.50 bits per heavy atom. The summed E-state index contributed by atoms with van der Waals surface area (Å²) in [4.78, 5) is 16.7. The molecule has 1 aromatic heterocycles. The average Bonchev–Trinajstić information content (AvgIpc) is 2.85. The van der Waals surface area contributed by atoms with Crippen molar-refractivity contribution >= 4 is 33.1 Å². The van der Waals surface area contributed by atoms with E-state index in [0.717, 1.165) is 35.3 Å². The Morgan fingerprint density at radius 2 is 2.35 bits per heavy atom. The van der Waals surface area contributed by atoms with Crippen LogP contribution in [0.5, 0.6) is 0 Å². The van der Waals surface area contributed by atoms with Crippen LogP contribution in [-0.2, 0) is 4.79 Å². The van der Waals surface area contributed by atoms with Crippen LogP contribution in [0, 0.1) is 5.41 Å².